The number of hydrogen-bond donors (Lipinski definition) is 3. The highest BCUT2D eigenvalue weighted by molar-refractivity contribution is 5.44. The molecular formula is C13H25N5. The number of nitrogens with zero attached hydrogens (tertiary/aromatic N) is 2. The first kappa shape index (κ1) is 14.9. The molecule has 0 aliphatic heterocycles. The molecule has 0 aliphatic rings. The van der Waals surface area contributed by atoms with Crippen LogP contribution in [0.3, 0.4) is 0 Å². The average Bonchev–Trinajstić information content (AvgIpc) is 2.36. The van der Waals surface area contributed by atoms with Gasteiger partial charge in [0.2, 0.25) is 0 Å². The van der Waals surface area contributed by atoms with Crippen LogP contribution in [-0.2, 0) is 6.42 Å². The molecule has 1 heterocycles. The Labute approximate surface area is 110 Å². The lowest BCUT2D eigenvalue weighted by atomic mass is 9.84. The zero-order chi connectivity index (χ0) is 13.8. The van der Waals surface area contributed by atoms with Crippen LogP contribution in [0.4, 0.5) is 5.69 Å². The van der Waals surface area contributed by atoms with Crippen molar-refractivity contribution in [2.75, 3.05) is 19.8 Å². The van der Waals surface area contributed by atoms with Gasteiger partial charge in [-0.05, 0) is 45.5 Å². The summed E-state index contributed by atoms with van der Waals surface area (Å²) in [7, 11) is 4.14. The van der Waals surface area contributed by atoms with Crippen LogP contribution >= 0.6 is 0 Å². The third-order valence-electron chi connectivity index (χ3n) is 4.05. The molecule has 18 heavy (non-hydrogen) atoms. The van der Waals surface area contributed by atoms with Crippen molar-refractivity contribution in [3.05, 3.63) is 24.0 Å². The molecule has 0 amide bonds. The number of likely N-dealkylation sites (N-methyl/N-ethyl adjacent to an activating group) is 1. The fourth-order valence-electron chi connectivity index (χ4n) is 2.16. The largest absolute Gasteiger partial charge is 0.398 e. The predicted molar refractivity (Wildman–Crippen MR) is 75.8 cm³/mol. The van der Waals surface area contributed by atoms with Crippen LogP contribution in [0.1, 0.15) is 25.8 Å². The lowest BCUT2D eigenvalue weighted by molar-refractivity contribution is 0.112. The zero-order valence-electron chi connectivity index (χ0n) is 11.8. The van der Waals surface area contributed by atoms with E-state index < -0.39 is 0 Å². The summed E-state index contributed by atoms with van der Waals surface area (Å²) in [5.41, 5.74) is 10.7. The van der Waals surface area contributed by atoms with Crippen molar-refractivity contribution in [2.45, 2.75) is 38.3 Å². The Kier molecular flexibility index (Phi) is 5.07. The molecule has 0 aliphatic carbocycles. The van der Waals surface area contributed by atoms with E-state index in [-0.39, 0.29) is 11.6 Å². The Morgan fingerprint density at radius 3 is 2.61 bits per heavy atom. The molecule has 5 nitrogen and oxygen atoms in total. The molecule has 0 fully saturated rings. The highest BCUT2D eigenvalue weighted by Gasteiger charge is 2.34. The van der Waals surface area contributed by atoms with Crippen molar-refractivity contribution in [1.82, 2.24) is 15.3 Å². The number of nitrogens with two attached hydrogens (primary N) is 2. The first-order chi connectivity index (χ1) is 8.45. The molecule has 5 heteroatoms. The number of hydrogen-bond acceptors (Lipinski definition) is 5. The van der Waals surface area contributed by atoms with Crippen molar-refractivity contribution in [1.29, 1.82) is 0 Å². The van der Waals surface area contributed by atoms with Crippen molar-refractivity contribution < 1.29 is 0 Å². The van der Waals surface area contributed by atoms with Gasteiger partial charge in [0.1, 0.15) is 0 Å². The second kappa shape index (κ2) is 6.13. The van der Waals surface area contributed by atoms with Gasteiger partial charge in [-0.2, -0.15) is 0 Å². The summed E-state index contributed by atoms with van der Waals surface area (Å²) in [5.74, 6) is 5.73. The fraction of sp³-hybridized carbons (Fsp3) is 0.615. The smallest absolute Gasteiger partial charge is 0.0433 e. The second-order valence-electron chi connectivity index (χ2n) is 5.10. The van der Waals surface area contributed by atoms with Gasteiger partial charge in [-0.15, -0.1) is 0 Å². The number of nitrogens with one attached hydrogen (secondary N) is 1. The molecule has 0 radical (unpaired) electrons. The zero-order valence-corrected chi connectivity index (χ0v) is 11.8. The highest BCUT2D eigenvalue weighted by atomic mass is 15.3. The van der Waals surface area contributed by atoms with Gasteiger partial charge in [0.25, 0.3) is 0 Å². The van der Waals surface area contributed by atoms with Crippen LogP contribution in [0.5, 0.6) is 0 Å². The number of pyridine rings is 1. The van der Waals surface area contributed by atoms with E-state index in [1.54, 1.807) is 6.20 Å². The van der Waals surface area contributed by atoms with E-state index in [2.05, 4.69) is 43.3 Å². The minimum atomic E-state index is -0.0307. The molecule has 0 spiro atoms. The molecule has 0 aromatic carbocycles. The molecule has 2 atom stereocenters. The highest BCUT2D eigenvalue weighted by Crippen LogP contribution is 2.24. The van der Waals surface area contributed by atoms with Crippen LogP contribution in [0.25, 0.3) is 0 Å². The van der Waals surface area contributed by atoms with Crippen LogP contribution in [0.2, 0.25) is 0 Å². The first-order valence-corrected chi connectivity index (χ1v) is 6.27. The van der Waals surface area contributed by atoms with E-state index in [1.165, 1.54) is 0 Å². The van der Waals surface area contributed by atoms with E-state index in [0.717, 1.165) is 24.1 Å². The van der Waals surface area contributed by atoms with Crippen LogP contribution in [0, 0.1) is 0 Å². The van der Waals surface area contributed by atoms with Gasteiger partial charge in [0.05, 0.1) is 0 Å². The monoisotopic (exact) mass is 251 g/mol. The Morgan fingerprint density at radius 1 is 1.50 bits per heavy atom. The van der Waals surface area contributed by atoms with Crippen LogP contribution in [0.15, 0.2) is 18.5 Å². The summed E-state index contributed by atoms with van der Waals surface area (Å²) in [5, 5.41) is 0. The Balaban J connectivity index is 2.94. The maximum absolute atomic E-state index is 5.96. The van der Waals surface area contributed by atoms with E-state index in [0.29, 0.717) is 0 Å². The summed E-state index contributed by atoms with van der Waals surface area (Å²) < 4.78 is 0. The molecule has 0 saturated carbocycles. The van der Waals surface area contributed by atoms with Gasteiger partial charge in [-0.1, -0.05) is 6.92 Å². The molecule has 5 N–H and O–H groups in total. The number of aromatic nitrogens is 1. The lowest BCUT2D eigenvalue weighted by Crippen LogP contribution is -2.59. The minimum Gasteiger partial charge on any atom is -0.398 e. The Hall–Kier alpha value is -1.17. The standard InChI is InChI=1S/C13H25N5/c1-5-13(2,18(3)4)12(17-15)8-10-9-16-7-6-11(10)14/h6-7,9,12,17H,5,8,15H2,1-4H3,(H2,14,16). The number of hydrazine groups is 1. The topological polar surface area (TPSA) is 80.2 Å². The maximum atomic E-state index is 5.96. The minimum absolute atomic E-state index is 0.0307. The number of nitrogen functional groups attached to an aromatic ring is 1. The molecule has 102 valence electrons. The Bertz CT molecular complexity index is 379. The summed E-state index contributed by atoms with van der Waals surface area (Å²) in [6.45, 7) is 4.36. The van der Waals surface area contributed by atoms with E-state index in [4.69, 9.17) is 11.6 Å². The van der Waals surface area contributed by atoms with Crippen LogP contribution < -0.4 is 17.0 Å². The average molecular weight is 251 g/mol. The third kappa shape index (κ3) is 2.98. The molecule has 2 unspecified atom stereocenters. The lowest BCUT2D eigenvalue weighted by Gasteiger charge is -2.42. The Morgan fingerprint density at radius 2 is 2.17 bits per heavy atom. The molecule has 0 saturated heterocycles. The van der Waals surface area contributed by atoms with Gasteiger partial charge in [-0.25, -0.2) is 0 Å². The van der Waals surface area contributed by atoms with Crippen molar-refractivity contribution in [3.8, 4) is 0 Å². The normalized spacial score (nSPS) is 16.6. The summed E-state index contributed by atoms with van der Waals surface area (Å²) in [6.07, 6.45) is 5.27. The molecule has 1 rings (SSSR count). The van der Waals surface area contributed by atoms with Gasteiger partial charge in [0.15, 0.2) is 0 Å². The summed E-state index contributed by atoms with van der Waals surface area (Å²) >= 11 is 0. The molecule has 1 aromatic rings. The second-order valence-corrected chi connectivity index (χ2v) is 5.10. The van der Waals surface area contributed by atoms with Gasteiger partial charge >= 0.3 is 0 Å². The summed E-state index contributed by atoms with van der Waals surface area (Å²) in [4.78, 5) is 6.32. The molecule has 1 aromatic heterocycles. The molecule has 0 bridgehead atoms. The van der Waals surface area contributed by atoms with E-state index in [9.17, 15) is 0 Å². The predicted octanol–water partition coefficient (Wildman–Crippen LogP) is 0.769. The van der Waals surface area contributed by atoms with Gasteiger partial charge in [0, 0.05) is 29.7 Å². The van der Waals surface area contributed by atoms with E-state index in [1.807, 2.05) is 12.3 Å². The fourth-order valence-corrected chi connectivity index (χ4v) is 2.16. The maximum Gasteiger partial charge on any atom is 0.0433 e. The molecular weight excluding hydrogens is 226 g/mol. The first-order valence-electron chi connectivity index (χ1n) is 6.27. The number of anilines is 1. The van der Waals surface area contributed by atoms with E-state index >= 15 is 0 Å². The summed E-state index contributed by atoms with van der Waals surface area (Å²) in [6, 6.07) is 1.94. The third-order valence-corrected chi connectivity index (χ3v) is 4.05. The van der Waals surface area contributed by atoms with Crippen molar-refractivity contribution >= 4 is 5.69 Å². The number of rotatable bonds is 6. The van der Waals surface area contributed by atoms with Gasteiger partial charge < -0.3 is 10.6 Å². The SMILES string of the molecule is CCC(C)(C(Cc1cnccc1N)NN)N(C)C. The van der Waals surface area contributed by atoms with Gasteiger partial charge in [-0.3, -0.25) is 16.3 Å². The van der Waals surface area contributed by atoms with Crippen molar-refractivity contribution in [3.63, 3.8) is 0 Å². The quantitative estimate of drug-likeness (QED) is 0.514. The van der Waals surface area contributed by atoms with Crippen LogP contribution in [-0.4, -0.2) is 35.6 Å². The van der Waals surface area contributed by atoms with Crippen molar-refractivity contribution in [2.24, 2.45) is 5.84 Å².